The highest BCUT2D eigenvalue weighted by Gasteiger charge is 2.21. The van der Waals surface area contributed by atoms with Gasteiger partial charge in [0.05, 0.1) is 0 Å². The molecule has 0 fully saturated rings. The largest absolute Gasteiger partial charge is 0.478 e. The number of carboxylic acid groups (broad SMARTS) is 1. The van der Waals surface area contributed by atoms with Crippen LogP contribution >= 0.6 is 23.2 Å². The molecule has 5 heteroatoms. The first-order chi connectivity index (χ1) is 11.5. The molecule has 0 aliphatic carbocycles. The summed E-state index contributed by atoms with van der Waals surface area (Å²) >= 11 is 12.0. The molecule has 3 rings (SSSR count). The number of hydrogen-bond donors (Lipinski definition) is 1. The minimum atomic E-state index is -1.04. The van der Waals surface area contributed by atoms with Crippen molar-refractivity contribution < 1.29 is 14.6 Å². The number of ether oxygens (including phenoxy) is 1. The van der Waals surface area contributed by atoms with Crippen LogP contribution in [-0.4, -0.2) is 17.2 Å². The van der Waals surface area contributed by atoms with Gasteiger partial charge in [-0.25, -0.2) is 4.79 Å². The second-order valence-electron chi connectivity index (χ2n) is 5.40. The molecule has 1 unspecified atom stereocenters. The van der Waals surface area contributed by atoms with Crippen molar-refractivity contribution in [3.63, 3.8) is 0 Å². The van der Waals surface area contributed by atoms with Gasteiger partial charge in [0.2, 0.25) is 0 Å². The van der Waals surface area contributed by atoms with E-state index in [1.807, 2.05) is 36.4 Å². The average Bonchev–Trinajstić information content (AvgIpc) is 2.53. The molecule has 0 saturated carbocycles. The molecular formula is C19H14Cl2O3. The summed E-state index contributed by atoms with van der Waals surface area (Å²) < 4.78 is 5.79. The normalized spacial score (nSPS) is 12.1. The molecule has 1 atom stereocenters. The molecule has 0 aliphatic rings. The number of rotatable bonds is 5. The molecule has 3 aromatic carbocycles. The van der Waals surface area contributed by atoms with Gasteiger partial charge in [-0.15, -0.1) is 0 Å². The lowest BCUT2D eigenvalue weighted by Gasteiger charge is -2.17. The lowest BCUT2D eigenvalue weighted by molar-refractivity contribution is -0.144. The Morgan fingerprint density at radius 3 is 2.38 bits per heavy atom. The SMILES string of the molecule is O=C(O)C(Cc1cc(Cl)cc(Cl)c1)Oc1cccc2ccccc12. The van der Waals surface area contributed by atoms with E-state index in [2.05, 4.69) is 0 Å². The molecule has 1 N–H and O–H groups in total. The van der Waals surface area contributed by atoms with Gasteiger partial charge in [-0.3, -0.25) is 0 Å². The number of benzene rings is 3. The maximum atomic E-state index is 11.6. The van der Waals surface area contributed by atoms with Crippen LogP contribution in [0.1, 0.15) is 5.56 Å². The smallest absolute Gasteiger partial charge is 0.345 e. The van der Waals surface area contributed by atoms with E-state index in [0.29, 0.717) is 21.4 Å². The van der Waals surface area contributed by atoms with Crippen LogP contribution in [0, 0.1) is 0 Å². The summed E-state index contributed by atoms with van der Waals surface area (Å²) in [6, 6.07) is 18.2. The zero-order chi connectivity index (χ0) is 17.1. The van der Waals surface area contributed by atoms with Crippen LogP contribution in [0.25, 0.3) is 10.8 Å². The Morgan fingerprint density at radius 2 is 1.67 bits per heavy atom. The number of halogens is 2. The molecule has 122 valence electrons. The maximum absolute atomic E-state index is 11.6. The average molecular weight is 361 g/mol. The van der Waals surface area contributed by atoms with Crippen LogP contribution in [0.2, 0.25) is 10.0 Å². The fourth-order valence-electron chi connectivity index (χ4n) is 2.57. The fourth-order valence-corrected chi connectivity index (χ4v) is 3.15. The monoisotopic (exact) mass is 360 g/mol. The number of aliphatic carboxylic acids is 1. The van der Waals surface area contributed by atoms with E-state index in [1.165, 1.54) is 0 Å². The Labute approximate surface area is 149 Å². The fraction of sp³-hybridized carbons (Fsp3) is 0.105. The lowest BCUT2D eigenvalue weighted by atomic mass is 10.1. The highest BCUT2D eigenvalue weighted by molar-refractivity contribution is 6.34. The van der Waals surface area contributed by atoms with Crippen molar-refractivity contribution >= 4 is 39.9 Å². The van der Waals surface area contributed by atoms with Crippen molar-refractivity contribution in [3.8, 4) is 5.75 Å². The van der Waals surface area contributed by atoms with Crippen LogP contribution in [0.5, 0.6) is 5.75 Å². The third kappa shape index (κ3) is 3.81. The molecule has 0 amide bonds. The Kier molecular flexibility index (Phi) is 4.93. The van der Waals surface area contributed by atoms with Crippen LogP contribution in [0.3, 0.4) is 0 Å². The number of fused-ring (bicyclic) bond motifs is 1. The molecule has 3 nitrogen and oxygen atoms in total. The zero-order valence-electron chi connectivity index (χ0n) is 12.6. The van der Waals surface area contributed by atoms with Crippen molar-refractivity contribution in [2.45, 2.75) is 12.5 Å². The van der Waals surface area contributed by atoms with Crippen molar-refractivity contribution in [2.24, 2.45) is 0 Å². The predicted octanol–water partition coefficient (Wildman–Crippen LogP) is 5.22. The molecule has 24 heavy (non-hydrogen) atoms. The topological polar surface area (TPSA) is 46.5 Å². The maximum Gasteiger partial charge on any atom is 0.345 e. The summed E-state index contributed by atoms with van der Waals surface area (Å²) in [7, 11) is 0. The van der Waals surface area contributed by atoms with E-state index in [-0.39, 0.29) is 6.42 Å². The predicted molar refractivity (Wildman–Crippen MR) is 96.2 cm³/mol. The molecule has 0 heterocycles. The Morgan fingerprint density at radius 1 is 1.00 bits per heavy atom. The molecule has 0 aromatic heterocycles. The Bertz CT molecular complexity index is 867. The summed E-state index contributed by atoms with van der Waals surface area (Å²) in [6.45, 7) is 0. The lowest BCUT2D eigenvalue weighted by Crippen LogP contribution is -2.29. The van der Waals surface area contributed by atoms with Crippen LogP contribution in [0.15, 0.2) is 60.7 Å². The van der Waals surface area contributed by atoms with E-state index in [4.69, 9.17) is 27.9 Å². The van der Waals surface area contributed by atoms with E-state index in [1.54, 1.807) is 24.3 Å². The van der Waals surface area contributed by atoms with Gasteiger partial charge >= 0.3 is 5.97 Å². The molecule has 0 radical (unpaired) electrons. The van der Waals surface area contributed by atoms with Crippen molar-refractivity contribution in [1.82, 2.24) is 0 Å². The number of hydrogen-bond acceptors (Lipinski definition) is 2. The van der Waals surface area contributed by atoms with Crippen LogP contribution < -0.4 is 4.74 Å². The molecule has 0 spiro atoms. The van der Waals surface area contributed by atoms with Gasteiger partial charge < -0.3 is 9.84 Å². The van der Waals surface area contributed by atoms with Gasteiger partial charge in [0.15, 0.2) is 6.10 Å². The van der Waals surface area contributed by atoms with Gasteiger partial charge in [-0.2, -0.15) is 0 Å². The Balaban J connectivity index is 1.90. The highest BCUT2D eigenvalue weighted by atomic mass is 35.5. The number of carbonyl (C=O) groups is 1. The minimum absolute atomic E-state index is 0.166. The second kappa shape index (κ2) is 7.12. The minimum Gasteiger partial charge on any atom is -0.478 e. The molecule has 3 aromatic rings. The first-order valence-electron chi connectivity index (χ1n) is 7.35. The first kappa shape index (κ1) is 16.6. The van der Waals surface area contributed by atoms with Gasteiger partial charge in [0.1, 0.15) is 5.75 Å². The van der Waals surface area contributed by atoms with E-state index in [0.717, 1.165) is 10.8 Å². The molecule has 0 aliphatic heterocycles. The standard InChI is InChI=1S/C19H14Cl2O3/c20-14-8-12(9-15(21)11-14)10-18(19(22)23)24-17-7-3-5-13-4-1-2-6-16(13)17/h1-9,11,18H,10H2,(H,22,23). The van der Waals surface area contributed by atoms with Crippen molar-refractivity contribution in [3.05, 3.63) is 76.3 Å². The highest BCUT2D eigenvalue weighted by Crippen LogP contribution is 2.27. The third-order valence-corrected chi connectivity index (χ3v) is 4.07. The summed E-state index contributed by atoms with van der Waals surface area (Å²) in [5.74, 6) is -0.507. The van der Waals surface area contributed by atoms with Gasteiger partial charge in [0.25, 0.3) is 0 Å². The summed E-state index contributed by atoms with van der Waals surface area (Å²) in [6.07, 6.45) is -0.871. The molecular weight excluding hydrogens is 347 g/mol. The zero-order valence-corrected chi connectivity index (χ0v) is 14.1. The van der Waals surface area contributed by atoms with Crippen molar-refractivity contribution in [2.75, 3.05) is 0 Å². The van der Waals surface area contributed by atoms with Crippen LogP contribution in [-0.2, 0) is 11.2 Å². The van der Waals surface area contributed by atoms with E-state index in [9.17, 15) is 9.90 Å². The van der Waals surface area contributed by atoms with Crippen LogP contribution in [0.4, 0.5) is 0 Å². The summed E-state index contributed by atoms with van der Waals surface area (Å²) in [4.78, 5) is 11.6. The Hall–Kier alpha value is -2.23. The van der Waals surface area contributed by atoms with E-state index >= 15 is 0 Å². The quantitative estimate of drug-likeness (QED) is 0.678. The number of carboxylic acids is 1. The first-order valence-corrected chi connectivity index (χ1v) is 8.11. The van der Waals surface area contributed by atoms with Gasteiger partial charge in [0, 0.05) is 21.9 Å². The molecule has 0 bridgehead atoms. The van der Waals surface area contributed by atoms with Gasteiger partial charge in [-0.1, -0.05) is 59.6 Å². The van der Waals surface area contributed by atoms with Gasteiger partial charge in [-0.05, 0) is 35.2 Å². The molecule has 0 saturated heterocycles. The third-order valence-electron chi connectivity index (χ3n) is 3.64. The second-order valence-corrected chi connectivity index (χ2v) is 6.28. The summed E-state index contributed by atoms with van der Waals surface area (Å²) in [5, 5.41) is 12.3. The van der Waals surface area contributed by atoms with E-state index < -0.39 is 12.1 Å². The summed E-state index contributed by atoms with van der Waals surface area (Å²) in [5.41, 5.74) is 0.708. The van der Waals surface area contributed by atoms with Crippen molar-refractivity contribution in [1.29, 1.82) is 0 Å².